The van der Waals surface area contributed by atoms with Crippen molar-refractivity contribution in [2.75, 3.05) is 43.5 Å². The molecule has 0 radical (unpaired) electrons. The number of aliphatic hydroxyl groups excluding tert-OH is 1. The van der Waals surface area contributed by atoms with Gasteiger partial charge in [-0.3, -0.25) is 19.3 Å². The predicted octanol–water partition coefficient (Wildman–Crippen LogP) is 2.02. The molecule has 1 aromatic carbocycles. The number of likely N-dealkylation sites (tertiary alicyclic amines) is 1. The average molecular weight is 624 g/mol. The van der Waals surface area contributed by atoms with Gasteiger partial charge < -0.3 is 14.9 Å². The number of likely N-dealkylation sites (N-methyl/N-ethyl adjacent to an activating group) is 1. The maximum atomic E-state index is 13.5. The van der Waals surface area contributed by atoms with Gasteiger partial charge in [0.2, 0.25) is 21.9 Å². The molecule has 2 fully saturated rings. The number of nitrogens with zero attached hydrogens (tertiary/aromatic N) is 9. The number of benzene rings is 1. The molecular formula is C27H26FN9O4S2. The van der Waals surface area contributed by atoms with E-state index in [1.54, 1.807) is 40.5 Å². The molecule has 2 aliphatic heterocycles. The van der Waals surface area contributed by atoms with E-state index in [1.165, 1.54) is 28.4 Å². The molecule has 4 aromatic rings. The van der Waals surface area contributed by atoms with Gasteiger partial charge in [0.25, 0.3) is 5.91 Å². The van der Waals surface area contributed by atoms with Crippen molar-refractivity contribution in [3.63, 3.8) is 0 Å². The fourth-order valence-corrected chi connectivity index (χ4v) is 6.89. The molecule has 0 bridgehead atoms. The molecule has 2 aliphatic rings. The minimum absolute atomic E-state index is 0.0569. The van der Waals surface area contributed by atoms with Crippen LogP contribution in [0.1, 0.15) is 23.9 Å². The normalized spacial score (nSPS) is 17.3. The molecule has 222 valence electrons. The van der Waals surface area contributed by atoms with Gasteiger partial charge >= 0.3 is 0 Å². The Morgan fingerprint density at radius 3 is 2.56 bits per heavy atom. The van der Waals surface area contributed by atoms with E-state index < -0.39 is 29.8 Å². The lowest BCUT2D eigenvalue weighted by molar-refractivity contribution is -0.143. The quantitative estimate of drug-likeness (QED) is 0.289. The number of imide groups is 1. The zero-order valence-electron chi connectivity index (χ0n) is 23.4. The molecule has 1 N–H and O–H groups in total. The number of nitriles is 1. The third-order valence-electron chi connectivity index (χ3n) is 7.46. The summed E-state index contributed by atoms with van der Waals surface area (Å²) in [7, 11) is 3.38. The standard InChI is InChI=1S/C27H26FN9O4S2/c1-4-17-23(34(3)25-31-22(19(10-29)42-25)14-5-7-15(28)8-6-14)37-26(30-17)43-27(32-37)36-20(39)9-18(24(36)41)33(2)13-21(40)35-11-16(38)12-35/h5-8,16,18,38H,4,9,11-13H2,1-3H3. The average Bonchev–Trinajstić information content (AvgIpc) is 3.72. The molecule has 0 saturated carbocycles. The third-order valence-corrected chi connectivity index (χ3v) is 9.39. The summed E-state index contributed by atoms with van der Waals surface area (Å²) in [6.45, 7) is 2.41. The largest absolute Gasteiger partial charge is 0.389 e. The maximum absolute atomic E-state index is 13.5. The molecule has 43 heavy (non-hydrogen) atoms. The van der Waals surface area contributed by atoms with Crippen molar-refractivity contribution in [1.82, 2.24) is 29.4 Å². The second-order valence-electron chi connectivity index (χ2n) is 10.3. The maximum Gasteiger partial charge on any atom is 0.253 e. The Labute approximate surface area is 253 Å². The molecule has 0 spiro atoms. The number of halogens is 1. The first kappa shape index (κ1) is 28.8. The molecule has 0 aliphatic carbocycles. The highest BCUT2D eigenvalue weighted by molar-refractivity contribution is 7.20. The van der Waals surface area contributed by atoms with Crippen LogP contribution in [0.3, 0.4) is 0 Å². The van der Waals surface area contributed by atoms with Crippen LogP contribution < -0.4 is 9.80 Å². The number of fused-ring (bicyclic) bond motifs is 1. The van der Waals surface area contributed by atoms with E-state index in [2.05, 4.69) is 21.1 Å². The van der Waals surface area contributed by atoms with Crippen LogP contribution in [0.5, 0.6) is 0 Å². The van der Waals surface area contributed by atoms with E-state index in [0.29, 0.717) is 44.2 Å². The van der Waals surface area contributed by atoms with Gasteiger partial charge in [-0.15, -0.1) is 5.10 Å². The van der Waals surface area contributed by atoms with Crippen LogP contribution >= 0.6 is 22.7 Å². The Balaban J connectivity index is 1.28. The SMILES string of the molecule is CCc1nc2sc(N3C(=O)CC(N(C)CC(=O)N4CC(O)C4)C3=O)nn2c1N(C)c1nc(-c2ccc(F)cc2)c(C#N)s1. The number of aliphatic hydroxyl groups is 1. The lowest BCUT2D eigenvalue weighted by Gasteiger charge is -2.37. The molecule has 2 saturated heterocycles. The summed E-state index contributed by atoms with van der Waals surface area (Å²) < 4.78 is 15.0. The van der Waals surface area contributed by atoms with Crippen LogP contribution in [-0.4, -0.2) is 98.1 Å². The van der Waals surface area contributed by atoms with Crippen LogP contribution in [0.25, 0.3) is 16.2 Å². The molecule has 13 nitrogen and oxygen atoms in total. The Hall–Kier alpha value is -4.30. The molecule has 16 heteroatoms. The summed E-state index contributed by atoms with van der Waals surface area (Å²) in [5.41, 5.74) is 1.74. The Kier molecular flexibility index (Phi) is 7.42. The van der Waals surface area contributed by atoms with Crippen LogP contribution in [0.2, 0.25) is 0 Å². The van der Waals surface area contributed by atoms with E-state index in [0.717, 1.165) is 16.2 Å². The fourth-order valence-electron chi connectivity index (χ4n) is 5.10. The lowest BCUT2D eigenvalue weighted by Crippen LogP contribution is -2.56. The smallest absolute Gasteiger partial charge is 0.253 e. The zero-order valence-corrected chi connectivity index (χ0v) is 25.0. The number of aryl methyl sites for hydroxylation is 1. The molecule has 5 heterocycles. The van der Waals surface area contributed by atoms with Crippen LogP contribution in [0, 0.1) is 17.1 Å². The Morgan fingerprint density at radius 2 is 1.91 bits per heavy atom. The topological polar surface area (TPSA) is 151 Å². The van der Waals surface area contributed by atoms with Gasteiger partial charge in [0.1, 0.15) is 22.5 Å². The second-order valence-corrected chi connectivity index (χ2v) is 12.2. The molecule has 1 unspecified atom stereocenters. The van der Waals surface area contributed by atoms with Gasteiger partial charge in [0, 0.05) is 25.7 Å². The van der Waals surface area contributed by atoms with Gasteiger partial charge in [-0.1, -0.05) is 29.6 Å². The highest BCUT2D eigenvalue weighted by Gasteiger charge is 2.44. The predicted molar refractivity (Wildman–Crippen MR) is 157 cm³/mol. The second kappa shape index (κ2) is 11.1. The van der Waals surface area contributed by atoms with E-state index in [-0.39, 0.29) is 37.1 Å². The van der Waals surface area contributed by atoms with Crippen molar-refractivity contribution in [2.45, 2.75) is 31.9 Å². The molecular weight excluding hydrogens is 597 g/mol. The van der Waals surface area contributed by atoms with E-state index >= 15 is 0 Å². The van der Waals surface area contributed by atoms with Crippen LogP contribution in [-0.2, 0) is 20.8 Å². The number of carbonyl (C=O) groups excluding carboxylic acids is 3. The number of rotatable bonds is 8. The number of anilines is 3. The van der Waals surface area contributed by atoms with Crippen molar-refractivity contribution < 1.29 is 23.9 Å². The first-order valence-corrected chi connectivity index (χ1v) is 15.0. The Morgan fingerprint density at radius 1 is 1.19 bits per heavy atom. The number of aromatic nitrogens is 4. The van der Waals surface area contributed by atoms with Crippen molar-refractivity contribution in [2.24, 2.45) is 0 Å². The number of hydrogen-bond acceptors (Lipinski definition) is 12. The van der Waals surface area contributed by atoms with Crippen molar-refractivity contribution in [3.8, 4) is 17.3 Å². The molecule has 3 amide bonds. The van der Waals surface area contributed by atoms with Gasteiger partial charge in [0.15, 0.2) is 10.9 Å². The highest BCUT2D eigenvalue weighted by Crippen LogP contribution is 2.39. The van der Waals surface area contributed by atoms with Gasteiger partial charge in [-0.25, -0.2) is 19.3 Å². The summed E-state index contributed by atoms with van der Waals surface area (Å²) >= 11 is 2.26. The highest BCUT2D eigenvalue weighted by atomic mass is 32.1. The van der Waals surface area contributed by atoms with Crippen LogP contribution in [0.15, 0.2) is 24.3 Å². The fraction of sp³-hybridized carbons (Fsp3) is 0.370. The zero-order chi connectivity index (χ0) is 30.6. The number of thiazole rings is 1. The van der Waals surface area contributed by atoms with Crippen molar-refractivity contribution in [1.29, 1.82) is 5.26 Å². The number of carbonyl (C=O) groups is 3. The van der Waals surface area contributed by atoms with Gasteiger partial charge in [-0.05, 0) is 37.7 Å². The number of imidazole rings is 1. The van der Waals surface area contributed by atoms with Crippen LogP contribution in [0.4, 0.5) is 20.5 Å². The van der Waals surface area contributed by atoms with E-state index in [1.807, 2.05) is 6.92 Å². The number of amides is 3. The molecule has 3 aromatic heterocycles. The minimum Gasteiger partial charge on any atom is -0.389 e. The molecule has 1 atom stereocenters. The summed E-state index contributed by atoms with van der Waals surface area (Å²) in [5.74, 6) is -0.951. The monoisotopic (exact) mass is 623 g/mol. The van der Waals surface area contributed by atoms with E-state index in [9.17, 15) is 29.1 Å². The summed E-state index contributed by atoms with van der Waals surface area (Å²) in [6, 6.07) is 7.09. The third kappa shape index (κ3) is 5.03. The Bertz CT molecular complexity index is 1790. The first-order chi connectivity index (χ1) is 20.6. The molecule has 6 rings (SSSR count). The summed E-state index contributed by atoms with van der Waals surface area (Å²) in [4.78, 5) is 54.9. The lowest BCUT2D eigenvalue weighted by atomic mass is 10.1. The summed E-state index contributed by atoms with van der Waals surface area (Å²) in [5, 5.41) is 24.5. The minimum atomic E-state index is -0.822. The summed E-state index contributed by atoms with van der Waals surface area (Å²) in [6.07, 6.45) is -0.0631. The van der Waals surface area contributed by atoms with E-state index in [4.69, 9.17) is 0 Å². The van der Waals surface area contributed by atoms with Crippen molar-refractivity contribution >= 4 is 61.4 Å². The van der Waals surface area contributed by atoms with Crippen molar-refractivity contribution in [3.05, 3.63) is 40.7 Å². The number of β-amino-alcohol motifs (C(OH)–C–C–N with tert-alkyl or cyclic N) is 1. The van der Waals surface area contributed by atoms with Gasteiger partial charge in [0.05, 0.1) is 30.8 Å². The van der Waals surface area contributed by atoms with Gasteiger partial charge in [-0.2, -0.15) is 9.78 Å². The number of hydrogen-bond donors (Lipinski definition) is 1. The first-order valence-electron chi connectivity index (χ1n) is 13.4.